The van der Waals surface area contributed by atoms with Gasteiger partial charge in [-0.05, 0) is 50.4 Å². The number of halogens is 1. The van der Waals surface area contributed by atoms with Crippen molar-refractivity contribution in [3.8, 4) is 0 Å². The summed E-state index contributed by atoms with van der Waals surface area (Å²) in [5, 5.41) is 6.87. The highest BCUT2D eigenvalue weighted by atomic mass is 127. The zero-order valence-electron chi connectivity index (χ0n) is 17.4. The Morgan fingerprint density at radius 2 is 1.86 bits per heavy atom. The van der Waals surface area contributed by atoms with Gasteiger partial charge in [-0.1, -0.05) is 30.7 Å². The van der Waals surface area contributed by atoms with Crippen LogP contribution in [0.15, 0.2) is 41.4 Å². The minimum Gasteiger partial charge on any atom is -0.364 e. The Morgan fingerprint density at radius 3 is 2.54 bits per heavy atom. The number of benzene rings is 1. The number of anilines is 1. The molecular formula is C22H36IN5. The van der Waals surface area contributed by atoms with E-state index in [1.807, 2.05) is 7.05 Å². The van der Waals surface area contributed by atoms with Crippen LogP contribution in [-0.2, 0) is 6.54 Å². The molecule has 2 aliphatic rings. The number of guanidine groups is 1. The first-order valence-corrected chi connectivity index (χ1v) is 10.4. The quantitative estimate of drug-likeness (QED) is 0.199. The molecule has 5 nitrogen and oxygen atoms in total. The minimum atomic E-state index is 0. The van der Waals surface area contributed by atoms with Crippen molar-refractivity contribution < 1.29 is 0 Å². The molecule has 6 heteroatoms. The van der Waals surface area contributed by atoms with Gasteiger partial charge in [0.25, 0.3) is 0 Å². The summed E-state index contributed by atoms with van der Waals surface area (Å²) in [4.78, 5) is 9.33. The lowest BCUT2D eigenvalue weighted by molar-refractivity contribution is 0.159. The Balaban J connectivity index is 0.00000280. The van der Waals surface area contributed by atoms with Crippen LogP contribution in [0, 0.1) is 0 Å². The van der Waals surface area contributed by atoms with Crippen molar-refractivity contribution in [3.05, 3.63) is 42.0 Å². The average Bonchev–Trinajstić information content (AvgIpc) is 3.24. The van der Waals surface area contributed by atoms with Crippen LogP contribution in [0.2, 0.25) is 0 Å². The number of nitrogens with one attached hydrogen (secondary N) is 2. The number of rotatable bonds is 7. The molecule has 1 unspecified atom stereocenters. The summed E-state index contributed by atoms with van der Waals surface area (Å²) in [7, 11) is 1.84. The molecule has 0 aliphatic carbocycles. The zero-order chi connectivity index (χ0) is 18.9. The van der Waals surface area contributed by atoms with E-state index in [4.69, 9.17) is 0 Å². The van der Waals surface area contributed by atoms with Crippen LogP contribution in [0.25, 0.3) is 0 Å². The molecule has 0 aromatic heterocycles. The van der Waals surface area contributed by atoms with E-state index < -0.39 is 0 Å². The molecule has 0 spiro atoms. The second kappa shape index (κ2) is 12.3. The molecule has 1 fully saturated rings. The van der Waals surface area contributed by atoms with Gasteiger partial charge in [-0.3, -0.25) is 4.99 Å². The van der Waals surface area contributed by atoms with E-state index in [1.165, 1.54) is 43.6 Å². The molecule has 1 atom stereocenters. The predicted octanol–water partition coefficient (Wildman–Crippen LogP) is 3.61. The molecule has 2 aliphatic heterocycles. The maximum absolute atomic E-state index is 4.35. The van der Waals surface area contributed by atoms with Crippen molar-refractivity contribution in [2.75, 3.05) is 44.7 Å². The van der Waals surface area contributed by atoms with Crippen LogP contribution in [0.1, 0.15) is 38.2 Å². The fraction of sp³-hybridized carbons (Fsp3) is 0.591. The maximum atomic E-state index is 4.35. The molecule has 0 radical (unpaired) electrons. The van der Waals surface area contributed by atoms with Crippen molar-refractivity contribution in [1.82, 2.24) is 15.5 Å². The molecule has 1 saturated heterocycles. The molecule has 0 bridgehead atoms. The third-order valence-electron chi connectivity index (χ3n) is 5.66. The van der Waals surface area contributed by atoms with E-state index in [-0.39, 0.29) is 24.0 Å². The third kappa shape index (κ3) is 6.95. The Morgan fingerprint density at radius 1 is 1.11 bits per heavy atom. The summed E-state index contributed by atoms with van der Waals surface area (Å²) < 4.78 is 0. The number of aliphatic imine (C=N–C) groups is 1. The van der Waals surface area contributed by atoms with E-state index in [0.29, 0.717) is 0 Å². The van der Waals surface area contributed by atoms with Gasteiger partial charge < -0.3 is 20.4 Å². The summed E-state index contributed by atoms with van der Waals surface area (Å²) in [6.45, 7) is 8.59. The molecule has 0 amide bonds. The Kier molecular flexibility index (Phi) is 10.1. The van der Waals surface area contributed by atoms with Crippen molar-refractivity contribution in [2.45, 2.75) is 45.2 Å². The van der Waals surface area contributed by atoms with Crippen LogP contribution in [0.4, 0.5) is 5.69 Å². The van der Waals surface area contributed by atoms with Gasteiger partial charge in [0.05, 0.1) is 0 Å². The number of nitrogens with zero attached hydrogens (tertiary/aromatic N) is 3. The van der Waals surface area contributed by atoms with Gasteiger partial charge in [0.1, 0.15) is 0 Å². The third-order valence-corrected chi connectivity index (χ3v) is 5.66. The first kappa shape index (κ1) is 23.0. The van der Waals surface area contributed by atoms with Gasteiger partial charge in [-0.2, -0.15) is 0 Å². The van der Waals surface area contributed by atoms with E-state index in [2.05, 4.69) is 68.8 Å². The Labute approximate surface area is 187 Å². The summed E-state index contributed by atoms with van der Waals surface area (Å²) in [5.74, 6) is 0.884. The molecule has 3 rings (SSSR count). The van der Waals surface area contributed by atoms with Crippen molar-refractivity contribution in [1.29, 1.82) is 0 Å². The van der Waals surface area contributed by atoms with Gasteiger partial charge >= 0.3 is 0 Å². The first-order chi connectivity index (χ1) is 13.3. The van der Waals surface area contributed by atoms with Crippen molar-refractivity contribution in [3.63, 3.8) is 0 Å². The summed E-state index contributed by atoms with van der Waals surface area (Å²) in [6.07, 6.45) is 9.69. The number of hydrogen-bond acceptors (Lipinski definition) is 3. The molecule has 156 valence electrons. The lowest BCUT2D eigenvalue weighted by atomic mass is 10.0. The van der Waals surface area contributed by atoms with Gasteiger partial charge in [-0.15, -0.1) is 24.0 Å². The smallest absolute Gasteiger partial charge is 0.191 e. The maximum Gasteiger partial charge on any atom is 0.191 e. The van der Waals surface area contributed by atoms with Crippen molar-refractivity contribution in [2.24, 2.45) is 4.99 Å². The molecule has 28 heavy (non-hydrogen) atoms. The van der Waals surface area contributed by atoms with Crippen LogP contribution in [-0.4, -0.2) is 56.7 Å². The largest absolute Gasteiger partial charge is 0.364 e. The van der Waals surface area contributed by atoms with E-state index >= 15 is 0 Å². The minimum absolute atomic E-state index is 0. The van der Waals surface area contributed by atoms with Crippen LogP contribution >= 0.6 is 24.0 Å². The summed E-state index contributed by atoms with van der Waals surface area (Å²) in [5.41, 5.74) is 2.56. The number of piperidine rings is 1. The highest BCUT2D eigenvalue weighted by Gasteiger charge is 2.17. The second-order valence-electron chi connectivity index (χ2n) is 7.63. The van der Waals surface area contributed by atoms with Crippen LogP contribution in [0.3, 0.4) is 0 Å². The van der Waals surface area contributed by atoms with E-state index in [9.17, 15) is 0 Å². The molecule has 1 aromatic rings. The Hall–Kier alpha value is -1.28. The van der Waals surface area contributed by atoms with Crippen LogP contribution < -0.4 is 15.5 Å². The second-order valence-corrected chi connectivity index (χ2v) is 7.63. The molecule has 2 heterocycles. The summed E-state index contributed by atoms with van der Waals surface area (Å²) >= 11 is 0. The highest BCUT2D eigenvalue weighted by Crippen LogP contribution is 2.18. The molecular weight excluding hydrogens is 461 g/mol. The van der Waals surface area contributed by atoms with Gasteiger partial charge in [0.2, 0.25) is 0 Å². The van der Waals surface area contributed by atoms with Crippen molar-refractivity contribution >= 4 is 35.6 Å². The topological polar surface area (TPSA) is 42.9 Å². The fourth-order valence-corrected chi connectivity index (χ4v) is 3.90. The zero-order valence-corrected chi connectivity index (χ0v) is 19.7. The highest BCUT2D eigenvalue weighted by molar-refractivity contribution is 14.0. The molecule has 0 saturated carbocycles. The normalized spacial score (nSPS) is 20.1. The molecule has 1 aromatic carbocycles. The van der Waals surface area contributed by atoms with E-state index in [0.717, 1.165) is 44.6 Å². The number of likely N-dealkylation sites (tertiary alicyclic amines) is 1. The van der Waals surface area contributed by atoms with Gasteiger partial charge in [0.15, 0.2) is 5.96 Å². The molecule has 2 N–H and O–H groups in total. The van der Waals surface area contributed by atoms with E-state index in [1.54, 1.807) is 0 Å². The first-order valence-electron chi connectivity index (χ1n) is 10.4. The fourth-order valence-electron chi connectivity index (χ4n) is 3.90. The Bertz CT molecular complexity index is 620. The summed E-state index contributed by atoms with van der Waals surface area (Å²) in [6, 6.07) is 9.56. The SMILES string of the molecule is CN=C(NCCCN1CCCCC1C)NCc1ccc(N2CC=CC2)cc1.I. The van der Waals surface area contributed by atoms with Crippen LogP contribution in [0.5, 0.6) is 0 Å². The lowest BCUT2D eigenvalue weighted by Gasteiger charge is -2.33. The van der Waals surface area contributed by atoms with Gasteiger partial charge in [0, 0.05) is 51.5 Å². The standard InChI is InChI=1S/C22H35N5.HI/c1-19-8-3-4-14-26(19)17-7-13-24-22(23-2)25-18-20-9-11-21(12-10-20)27-15-5-6-16-27;/h5-6,9-12,19H,3-4,7-8,13-18H2,1-2H3,(H2,23,24,25);1H. The monoisotopic (exact) mass is 497 g/mol. The lowest BCUT2D eigenvalue weighted by Crippen LogP contribution is -2.41. The average molecular weight is 497 g/mol. The predicted molar refractivity (Wildman–Crippen MR) is 131 cm³/mol. The van der Waals surface area contributed by atoms with Gasteiger partial charge in [-0.25, -0.2) is 0 Å². The number of hydrogen-bond donors (Lipinski definition) is 2.